The van der Waals surface area contributed by atoms with Crippen molar-refractivity contribution in [3.63, 3.8) is 0 Å². The van der Waals surface area contributed by atoms with Gasteiger partial charge in [-0.1, -0.05) is 0 Å². The fourth-order valence-electron chi connectivity index (χ4n) is 2.99. The molecule has 0 spiro atoms. The van der Waals surface area contributed by atoms with Gasteiger partial charge in [-0.2, -0.15) is 0 Å². The first kappa shape index (κ1) is 14.1. The number of hydrogen-bond donors (Lipinski definition) is 2. The third-order valence-corrected chi connectivity index (χ3v) is 4.26. The summed E-state index contributed by atoms with van der Waals surface area (Å²) in [6.45, 7) is 2.66. The first-order valence-electron chi connectivity index (χ1n) is 6.86. The number of amides is 2. The van der Waals surface area contributed by atoms with Gasteiger partial charge in [0.15, 0.2) is 0 Å². The van der Waals surface area contributed by atoms with Crippen LogP contribution >= 0.6 is 0 Å². The summed E-state index contributed by atoms with van der Waals surface area (Å²) in [6.07, 6.45) is 2.84. The Morgan fingerprint density at radius 1 is 1.32 bits per heavy atom. The third-order valence-electron chi connectivity index (χ3n) is 4.26. The van der Waals surface area contributed by atoms with Gasteiger partial charge in [0.1, 0.15) is 0 Å². The molecular formula is C13H22N2O4. The Morgan fingerprint density at radius 2 is 2.05 bits per heavy atom. The van der Waals surface area contributed by atoms with Gasteiger partial charge in [0.05, 0.1) is 18.1 Å². The van der Waals surface area contributed by atoms with E-state index in [2.05, 4.69) is 5.32 Å². The van der Waals surface area contributed by atoms with Crippen molar-refractivity contribution in [3.05, 3.63) is 0 Å². The highest BCUT2D eigenvalue weighted by atomic mass is 16.5. The lowest BCUT2D eigenvalue weighted by atomic mass is 10.1. The van der Waals surface area contributed by atoms with E-state index < -0.39 is 5.97 Å². The Morgan fingerprint density at radius 3 is 2.58 bits per heavy atom. The predicted molar refractivity (Wildman–Crippen MR) is 68.9 cm³/mol. The molecule has 1 aliphatic heterocycles. The average Bonchev–Trinajstić information content (AvgIpc) is 2.97. The van der Waals surface area contributed by atoms with Crippen LogP contribution in [-0.2, 0) is 9.53 Å². The van der Waals surface area contributed by atoms with Gasteiger partial charge in [0, 0.05) is 19.7 Å². The Balaban J connectivity index is 1.82. The molecule has 0 aromatic carbocycles. The second-order valence-corrected chi connectivity index (χ2v) is 5.54. The molecule has 1 saturated carbocycles. The zero-order valence-electron chi connectivity index (χ0n) is 11.5. The summed E-state index contributed by atoms with van der Waals surface area (Å²) in [6, 6.07) is -0.0382. The predicted octanol–water partition coefficient (Wildman–Crippen LogP) is 1.06. The number of urea groups is 1. The van der Waals surface area contributed by atoms with Crippen molar-refractivity contribution in [3.8, 4) is 0 Å². The molecule has 2 N–H and O–H groups in total. The van der Waals surface area contributed by atoms with Crippen LogP contribution in [0.3, 0.4) is 0 Å². The summed E-state index contributed by atoms with van der Waals surface area (Å²) in [7, 11) is 1.77. The van der Waals surface area contributed by atoms with Crippen LogP contribution in [0.25, 0.3) is 0 Å². The van der Waals surface area contributed by atoms with Crippen LogP contribution in [0.5, 0.6) is 0 Å². The Kier molecular flexibility index (Phi) is 4.29. The van der Waals surface area contributed by atoms with Crippen molar-refractivity contribution in [1.29, 1.82) is 0 Å². The first-order valence-corrected chi connectivity index (χ1v) is 6.86. The van der Waals surface area contributed by atoms with E-state index in [1.165, 1.54) is 0 Å². The number of carbonyl (C=O) groups is 2. The smallest absolute Gasteiger partial charge is 0.317 e. The highest BCUT2D eigenvalue weighted by Crippen LogP contribution is 2.26. The van der Waals surface area contributed by atoms with Crippen LogP contribution in [-0.4, -0.2) is 53.8 Å². The van der Waals surface area contributed by atoms with Crippen LogP contribution in [0.15, 0.2) is 0 Å². The van der Waals surface area contributed by atoms with E-state index in [0.717, 1.165) is 12.8 Å². The molecule has 108 valence electrons. The third kappa shape index (κ3) is 3.18. The van der Waals surface area contributed by atoms with Gasteiger partial charge in [-0.05, 0) is 32.6 Å². The summed E-state index contributed by atoms with van der Waals surface area (Å²) in [5, 5.41) is 11.9. The highest BCUT2D eigenvalue weighted by molar-refractivity contribution is 5.75. The molecule has 1 aliphatic carbocycles. The number of carbonyl (C=O) groups excluding carboxylic acids is 1. The molecular weight excluding hydrogens is 248 g/mol. The van der Waals surface area contributed by atoms with Crippen molar-refractivity contribution >= 4 is 12.0 Å². The van der Waals surface area contributed by atoms with Crippen LogP contribution in [0.2, 0.25) is 0 Å². The van der Waals surface area contributed by atoms with Gasteiger partial charge in [-0.3, -0.25) is 4.79 Å². The topological polar surface area (TPSA) is 78.9 Å². The lowest BCUT2D eigenvalue weighted by Gasteiger charge is -2.28. The van der Waals surface area contributed by atoms with Gasteiger partial charge < -0.3 is 20.1 Å². The summed E-state index contributed by atoms with van der Waals surface area (Å²) in [4.78, 5) is 24.7. The number of nitrogens with one attached hydrogen (secondary N) is 1. The largest absolute Gasteiger partial charge is 0.481 e. The average molecular weight is 270 g/mol. The zero-order valence-corrected chi connectivity index (χ0v) is 11.5. The van der Waals surface area contributed by atoms with Crippen molar-refractivity contribution in [2.24, 2.45) is 5.92 Å². The molecule has 2 aliphatic rings. The lowest BCUT2D eigenvalue weighted by molar-refractivity contribution is -0.141. The molecule has 4 atom stereocenters. The summed E-state index contributed by atoms with van der Waals surface area (Å²) < 4.78 is 5.46. The molecule has 0 aromatic heterocycles. The minimum atomic E-state index is -0.761. The lowest BCUT2D eigenvalue weighted by Crippen LogP contribution is -2.48. The molecule has 1 saturated heterocycles. The van der Waals surface area contributed by atoms with Gasteiger partial charge in [-0.15, -0.1) is 0 Å². The SMILES string of the molecule is CC1OCCC1N(C)C(=O)N[C@H]1CC[C@@H](C(=O)O)C1. The van der Waals surface area contributed by atoms with Gasteiger partial charge in [-0.25, -0.2) is 4.79 Å². The Labute approximate surface area is 113 Å². The van der Waals surface area contributed by atoms with Crippen LogP contribution in [0.4, 0.5) is 4.79 Å². The molecule has 1 heterocycles. The van der Waals surface area contributed by atoms with Crippen LogP contribution in [0.1, 0.15) is 32.6 Å². The molecule has 2 rings (SSSR count). The zero-order chi connectivity index (χ0) is 14.0. The number of hydrogen-bond acceptors (Lipinski definition) is 3. The van der Waals surface area contributed by atoms with Gasteiger partial charge in [0.25, 0.3) is 0 Å². The van der Waals surface area contributed by atoms with Crippen LogP contribution in [0, 0.1) is 5.92 Å². The van der Waals surface area contributed by atoms with E-state index in [1.807, 2.05) is 6.92 Å². The van der Waals surface area contributed by atoms with E-state index in [1.54, 1.807) is 11.9 Å². The number of aliphatic carboxylic acids is 1. The number of nitrogens with zero attached hydrogens (tertiary/aromatic N) is 1. The molecule has 0 aromatic rings. The van der Waals surface area contributed by atoms with E-state index in [9.17, 15) is 9.59 Å². The standard InChI is InChI=1S/C13H22N2O4/c1-8-11(5-6-19-8)15(2)13(18)14-10-4-3-9(7-10)12(16)17/h8-11H,3-7H2,1-2H3,(H,14,18)(H,16,17)/t8?,9-,10+,11?/m1/s1. The van der Waals surface area contributed by atoms with E-state index in [0.29, 0.717) is 19.4 Å². The maximum atomic E-state index is 12.1. The van der Waals surface area contributed by atoms with Crippen molar-refractivity contribution < 1.29 is 19.4 Å². The van der Waals surface area contributed by atoms with Crippen molar-refractivity contribution in [1.82, 2.24) is 10.2 Å². The highest BCUT2D eigenvalue weighted by Gasteiger charge is 2.34. The van der Waals surface area contributed by atoms with Gasteiger partial charge in [0.2, 0.25) is 0 Å². The number of likely N-dealkylation sites (N-methyl/N-ethyl adjacent to an activating group) is 1. The minimum Gasteiger partial charge on any atom is -0.481 e. The molecule has 2 amide bonds. The monoisotopic (exact) mass is 270 g/mol. The summed E-state index contributed by atoms with van der Waals surface area (Å²) in [5.74, 6) is -1.08. The van der Waals surface area contributed by atoms with E-state index in [4.69, 9.17) is 9.84 Å². The fraction of sp³-hybridized carbons (Fsp3) is 0.846. The quantitative estimate of drug-likeness (QED) is 0.803. The molecule has 19 heavy (non-hydrogen) atoms. The van der Waals surface area contributed by atoms with Crippen molar-refractivity contribution in [2.75, 3.05) is 13.7 Å². The number of carboxylic acid groups (broad SMARTS) is 1. The molecule has 6 nitrogen and oxygen atoms in total. The fourth-order valence-corrected chi connectivity index (χ4v) is 2.99. The second kappa shape index (κ2) is 5.77. The molecule has 6 heteroatoms. The number of ether oxygens (including phenoxy) is 1. The molecule has 2 fully saturated rings. The second-order valence-electron chi connectivity index (χ2n) is 5.54. The van der Waals surface area contributed by atoms with E-state index in [-0.39, 0.29) is 30.1 Å². The minimum absolute atomic E-state index is 0.0197. The maximum Gasteiger partial charge on any atom is 0.317 e. The number of carboxylic acids is 1. The van der Waals surface area contributed by atoms with Gasteiger partial charge >= 0.3 is 12.0 Å². The first-order chi connectivity index (χ1) is 8.99. The molecule has 2 unspecified atom stereocenters. The van der Waals surface area contributed by atoms with Crippen molar-refractivity contribution in [2.45, 2.75) is 50.8 Å². The number of rotatable bonds is 3. The Hall–Kier alpha value is -1.30. The summed E-state index contributed by atoms with van der Waals surface area (Å²) >= 11 is 0. The molecule has 0 bridgehead atoms. The maximum absolute atomic E-state index is 12.1. The van der Waals surface area contributed by atoms with Crippen LogP contribution < -0.4 is 5.32 Å². The Bertz CT molecular complexity index is 361. The molecule has 0 radical (unpaired) electrons. The summed E-state index contributed by atoms with van der Waals surface area (Å²) in [5.41, 5.74) is 0. The van der Waals surface area contributed by atoms with E-state index >= 15 is 0 Å². The normalized spacial score (nSPS) is 34.2.